The number of aliphatic carboxylic acids is 1. The van der Waals surface area contributed by atoms with Crippen molar-refractivity contribution in [2.75, 3.05) is 0 Å². The molecule has 98 valence electrons. The van der Waals surface area contributed by atoms with Crippen molar-refractivity contribution in [2.24, 2.45) is 0 Å². The third-order valence-corrected chi connectivity index (χ3v) is 3.73. The fourth-order valence-corrected chi connectivity index (χ4v) is 3.16. The zero-order chi connectivity index (χ0) is 13.9. The fraction of sp³-hybridized carbons (Fsp3) is 0.273. The number of carboxylic acids is 1. The minimum atomic E-state index is -1.09. The molecule has 0 aromatic heterocycles. The van der Waals surface area contributed by atoms with Crippen LogP contribution in [0.5, 0.6) is 5.75 Å². The number of carboxylic acid groups (broad SMARTS) is 1. The summed E-state index contributed by atoms with van der Waals surface area (Å²) in [7, 11) is 0. The number of amides is 1. The molecule has 1 aromatic carbocycles. The number of halogens is 2. The van der Waals surface area contributed by atoms with E-state index in [-0.39, 0.29) is 17.7 Å². The van der Waals surface area contributed by atoms with Crippen LogP contribution in [-0.4, -0.2) is 28.1 Å². The smallest absolute Gasteiger partial charge is 0.326 e. The van der Waals surface area contributed by atoms with Gasteiger partial charge in [-0.25, -0.2) is 4.79 Å². The topological polar surface area (TPSA) is 86.6 Å². The third-order valence-electron chi connectivity index (χ3n) is 2.28. The van der Waals surface area contributed by atoms with Gasteiger partial charge >= 0.3 is 5.97 Å². The van der Waals surface area contributed by atoms with Gasteiger partial charge in [-0.05, 0) is 63.7 Å². The van der Waals surface area contributed by atoms with Crippen LogP contribution >= 0.6 is 45.2 Å². The largest absolute Gasteiger partial charge is 0.506 e. The molecule has 0 unspecified atom stereocenters. The highest BCUT2D eigenvalue weighted by atomic mass is 127. The minimum Gasteiger partial charge on any atom is -0.506 e. The Kier molecular flexibility index (Phi) is 5.63. The van der Waals surface area contributed by atoms with E-state index in [1.165, 1.54) is 6.07 Å². The first-order valence-corrected chi connectivity index (χ1v) is 7.24. The van der Waals surface area contributed by atoms with E-state index in [2.05, 4.69) is 5.32 Å². The number of carbonyl (C=O) groups excluding carboxylic acids is 1. The summed E-state index contributed by atoms with van der Waals surface area (Å²) in [6.07, 6.45) is 0.281. The highest BCUT2D eigenvalue weighted by Crippen LogP contribution is 2.26. The molecule has 1 amide bonds. The predicted octanol–water partition coefficient (Wildman–Crippen LogP) is 2.19. The van der Waals surface area contributed by atoms with Gasteiger partial charge in [-0.3, -0.25) is 4.79 Å². The predicted molar refractivity (Wildman–Crippen MR) is 82.7 cm³/mol. The second kappa shape index (κ2) is 6.55. The minimum absolute atomic E-state index is 0.0889. The quantitative estimate of drug-likeness (QED) is 0.584. The molecule has 7 heteroatoms. The highest BCUT2D eigenvalue weighted by molar-refractivity contribution is 14.1. The summed E-state index contributed by atoms with van der Waals surface area (Å²) < 4.78 is 1.34. The molecule has 0 radical (unpaired) electrons. The molecule has 0 fully saturated rings. The van der Waals surface area contributed by atoms with E-state index in [0.29, 0.717) is 3.57 Å². The van der Waals surface area contributed by atoms with Gasteiger partial charge in [0, 0.05) is 3.57 Å². The Morgan fingerprint density at radius 1 is 1.39 bits per heavy atom. The number of rotatable bonds is 4. The van der Waals surface area contributed by atoms with Gasteiger partial charge in [-0.2, -0.15) is 0 Å². The van der Waals surface area contributed by atoms with E-state index in [9.17, 15) is 14.7 Å². The van der Waals surface area contributed by atoms with Crippen LogP contribution in [0, 0.1) is 7.14 Å². The van der Waals surface area contributed by atoms with Crippen molar-refractivity contribution in [3.05, 3.63) is 24.8 Å². The molecule has 0 aliphatic heterocycles. The maximum atomic E-state index is 11.9. The summed E-state index contributed by atoms with van der Waals surface area (Å²) in [6, 6.07) is 2.29. The highest BCUT2D eigenvalue weighted by Gasteiger charge is 2.21. The first-order chi connectivity index (χ1) is 8.36. The maximum Gasteiger partial charge on any atom is 0.326 e. The van der Waals surface area contributed by atoms with E-state index < -0.39 is 17.9 Å². The lowest BCUT2D eigenvalue weighted by Crippen LogP contribution is -2.40. The standard InChI is InChI=1S/C11H11I2NO4/c1-2-8(11(17)18)14-10(16)6-3-5(12)4-7(13)9(6)15/h3-4,8,15H,2H2,1H3,(H,14,16)(H,17,18)/t8-/m0/s1. The van der Waals surface area contributed by atoms with Crippen LogP contribution in [-0.2, 0) is 4.79 Å². The summed E-state index contributed by atoms with van der Waals surface area (Å²) in [4.78, 5) is 22.7. The lowest BCUT2D eigenvalue weighted by Gasteiger charge is -2.13. The van der Waals surface area contributed by atoms with Crippen molar-refractivity contribution in [3.8, 4) is 5.75 Å². The summed E-state index contributed by atoms with van der Waals surface area (Å²) >= 11 is 3.94. The van der Waals surface area contributed by atoms with Crippen LogP contribution < -0.4 is 5.32 Å². The number of nitrogens with one attached hydrogen (secondary N) is 1. The first kappa shape index (κ1) is 15.5. The van der Waals surface area contributed by atoms with E-state index >= 15 is 0 Å². The number of hydrogen-bond acceptors (Lipinski definition) is 3. The summed E-state index contributed by atoms with van der Waals surface area (Å²) in [5.74, 6) is -1.81. The molecule has 0 aliphatic carbocycles. The number of phenolic OH excluding ortho intramolecular Hbond substituents is 1. The third kappa shape index (κ3) is 3.70. The second-order valence-electron chi connectivity index (χ2n) is 3.56. The zero-order valence-corrected chi connectivity index (χ0v) is 13.7. The van der Waals surface area contributed by atoms with Gasteiger partial charge in [0.25, 0.3) is 5.91 Å². The lowest BCUT2D eigenvalue weighted by atomic mass is 10.1. The number of phenols is 1. The molecule has 5 nitrogen and oxygen atoms in total. The van der Waals surface area contributed by atoms with Crippen molar-refractivity contribution in [1.29, 1.82) is 0 Å². The van der Waals surface area contributed by atoms with Crippen LogP contribution in [0.1, 0.15) is 23.7 Å². The number of benzene rings is 1. The number of hydrogen-bond donors (Lipinski definition) is 3. The first-order valence-electron chi connectivity index (χ1n) is 5.08. The van der Waals surface area contributed by atoms with Crippen LogP contribution in [0.3, 0.4) is 0 Å². The average Bonchev–Trinajstić information content (AvgIpc) is 2.29. The van der Waals surface area contributed by atoms with E-state index in [1.54, 1.807) is 13.0 Å². The van der Waals surface area contributed by atoms with Crippen molar-refractivity contribution in [2.45, 2.75) is 19.4 Å². The Morgan fingerprint density at radius 2 is 2.00 bits per heavy atom. The number of aromatic hydroxyl groups is 1. The van der Waals surface area contributed by atoms with E-state index in [0.717, 1.165) is 3.57 Å². The molecule has 18 heavy (non-hydrogen) atoms. The van der Waals surface area contributed by atoms with E-state index in [4.69, 9.17) is 5.11 Å². The van der Waals surface area contributed by atoms with Crippen LogP contribution in [0.4, 0.5) is 0 Å². The fourth-order valence-electron chi connectivity index (χ4n) is 1.31. The summed E-state index contributed by atoms with van der Waals surface area (Å²) in [5.41, 5.74) is 0.0889. The molecule has 1 aromatic rings. The molecule has 0 aliphatic rings. The summed E-state index contributed by atoms with van der Waals surface area (Å²) in [5, 5.41) is 21.0. The Morgan fingerprint density at radius 3 is 2.50 bits per heavy atom. The van der Waals surface area contributed by atoms with Crippen LogP contribution in [0.15, 0.2) is 12.1 Å². The molecule has 1 rings (SSSR count). The lowest BCUT2D eigenvalue weighted by molar-refractivity contribution is -0.139. The SMILES string of the molecule is CC[C@H](NC(=O)c1cc(I)cc(I)c1O)C(=O)O. The molecule has 0 saturated heterocycles. The van der Waals surface area contributed by atoms with Gasteiger partial charge in [0.05, 0.1) is 9.13 Å². The molecule has 0 bridgehead atoms. The van der Waals surface area contributed by atoms with Crippen molar-refractivity contribution in [1.82, 2.24) is 5.32 Å². The van der Waals surface area contributed by atoms with Gasteiger partial charge in [-0.15, -0.1) is 0 Å². The Labute approximate surface area is 131 Å². The van der Waals surface area contributed by atoms with E-state index in [1.807, 2.05) is 45.2 Å². The molecular weight excluding hydrogens is 464 g/mol. The number of carbonyl (C=O) groups is 2. The van der Waals surface area contributed by atoms with Gasteiger partial charge in [0.15, 0.2) is 0 Å². The monoisotopic (exact) mass is 475 g/mol. The van der Waals surface area contributed by atoms with Crippen LogP contribution in [0.2, 0.25) is 0 Å². The van der Waals surface area contributed by atoms with Crippen molar-refractivity contribution < 1.29 is 19.8 Å². The van der Waals surface area contributed by atoms with Gasteiger partial charge in [0.2, 0.25) is 0 Å². The summed E-state index contributed by atoms with van der Waals surface area (Å²) in [6.45, 7) is 1.66. The molecule has 3 N–H and O–H groups in total. The Hall–Kier alpha value is -0.580. The molecule has 0 heterocycles. The maximum absolute atomic E-state index is 11.9. The van der Waals surface area contributed by atoms with Crippen molar-refractivity contribution in [3.63, 3.8) is 0 Å². The average molecular weight is 475 g/mol. The Balaban J connectivity index is 3.01. The van der Waals surface area contributed by atoms with Gasteiger partial charge in [-0.1, -0.05) is 6.92 Å². The molecule has 1 atom stereocenters. The molecular formula is C11H11I2NO4. The molecule has 0 spiro atoms. The van der Waals surface area contributed by atoms with Crippen molar-refractivity contribution >= 4 is 57.1 Å². The second-order valence-corrected chi connectivity index (χ2v) is 5.96. The normalized spacial score (nSPS) is 11.9. The molecule has 0 saturated carbocycles. The van der Waals surface area contributed by atoms with Gasteiger partial charge < -0.3 is 15.5 Å². The Bertz CT molecular complexity index is 490. The van der Waals surface area contributed by atoms with Gasteiger partial charge in [0.1, 0.15) is 11.8 Å². The zero-order valence-electron chi connectivity index (χ0n) is 9.41. The van der Waals surface area contributed by atoms with Crippen LogP contribution in [0.25, 0.3) is 0 Å².